The SMILES string of the molecule is CCCC(C)(C)Cc1cnn(Cc2ccccc2)c1. The molecule has 0 radical (unpaired) electrons. The highest BCUT2D eigenvalue weighted by molar-refractivity contribution is 5.16. The first-order valence-electron chi connectivity index (χ1n) is 7.14. The van der Waals surface area contributed by atoms with Gasteiger partial charge in [0.1, 0.15) is 0 Å². The molecule has 0 saturated heterocycles. The topological polar surface area (TPSA) is 17.8 Å². The van der Waals surface area contributed by atoms with E-state index in [0.29, 0.717) is 5.41 Å². The van der Waals surface area contributed by atoms with Gasteiger partial charge in [0.05, 0.1) is 12.7 Å². The summed E-state index contributed by atoms with van der Waals surface area (Å²) in [5.74, 6) is 0. The van der Waals surface area contributed by atoms with Crippen molar-refractivity contribution in [3.63, 3.8) is 0 Å². The van der Waals surface area contributed by atoms with E-state index in [4.69, 9.17) is 0 Å². The van der Waals surface area contributed by atoms with Gasteiger partial charge in [-0.15, -0.1) is 0 Å². The highest BCUT2D eigenvalue weighted by Gasteiger charge is 2.18. The van der Waals surface area contributed by atoms with Gasteiger partial charge in [0, 0.05) is 6.20 Å². The highest BCUT2D eigenvalue weighted by Crippen LogP contribution is 2.27. The van der Waals surface area contributed by atoms with Crippen molar-refractivity contribution >= 4 is 0 Å². The molecule has 19 heavy (non-hydrogen) atoms. The molecule has 2 heteroatoms. The molecule has 0 N–H and O–H groups in total. The smallest absolute Gasteiger partial charge is 0.0659 e. The van der Waals surface area contributed by atoms with Crippen LogP contribution in [0, 0.1) is 5.41 Å². The Bertz CT molecular complexity index is 497. The maximum absolute atomic E-state index is 4.47. The first kappa shape index (κ1) is 13.9. The van der Waals surface area contributed by atoms with E-state index >= 15 is 0 Å². The molecule has 1 aromatic carbocycles. The van der Waals surface area contributed by atoms with Gasteiger partial charge in [-0.3, -0.25) is 4.68 Å². The summed E-state index contributed by atoms with van der Waals surface area (Å²) in [7, 11) is 0. The van der Waals surface area contributed by atoms with E-state index in [-0.39, 0.29) is 0 Å². The van der Waals surface area contributed by atoms with Crippen LogP contribution < -0.4 is 0 Å². The van der Waals surface area contributed by atoms with E-state index in [9.17, 15) is 0 Å². The van der Waals surface area contributed by atoms with Gasteiger partial charge in [0.2, 0.25) is 0 Å². The quantitative estimate of drug-likeness (QED) is 0.753. The van der Waals surface area contributed by atoms with Gasteiger partial charge in [-0.25, -0.2) is 0 Å². The van der Waals surface area contributed by atoms with Crippen LogP contribution in [0.25, 0.3) is 0 Å². The lowest BCUT2D eigenvalue weighted by Gasteiger charge is -2.22. The molecular weight excluding hydrogens is 232 g/mol. The van der Waals surface area contributed by atoms with Gasteiger partial charge in [-0.1, -0.05) is 57.5 Å². The third-order valence-corrected chi connectivity index (χ3v) is 3.48. The van der Waals surface area contributed by atoms with Crippen molar-refractivity contribution in [2.75, 3.05) is 0 Å². The lowest BCUT2D eigenvalue weighted by molar-refractivity contribution is 0.329. The number of nitrogens with zero attached hydrogens (tertiary/aromatic N) is 2. The van der Waals surface area contributed by atoms with E-state index < -0.39 is 0 Å². The van der Waals surface area contributed by atoms with Crippen molar-refractivity contribution in [1.29, 1.82) is 0 Å². The molecule has 0 aliphatic rings. The van der Waals surface area contributed by atoms with E-state index in [1.54, 1.807) is 0 Å². The average molecular weight is 256 g/mol. The van der Waals surface area contributed by atoms with Crippen molar-refractivity contribution in [1.82, 2.24) is 9.78 Å². The fourth-order valence-corrected chi connectivity index (χ4v) is 2.67. The van der Waals surface area contributed by atoms with Crippen LogP contribution in [0.1, 0.15) is 44.7 Å². The second-order valence-electron chi connectivity index (χ2n) is 6.12. The van der Waals surface area contributed by atoms with Crippen molar-refractivity contribution in [3.8, 4) is 0 Å². The fraction of sp³-hybridized carbons (Fsp3) is 0.471. The van der Waals surface area contributed by atoms with Gasteiger partial charge in [-0.2, -0.15) is 5.10 Å². The van der Waals surface area contributed by atoms with Gasteiger partial charge in [-0.05, 0) is 29.4 Å². The van der Waals surface area contributed by atoms with Gasteiger partial charge >= 0.3 is 0 Å². The molecule has 0 atom stereocenters. The van der Waals surface area contributed by atoms with Crippen molar-refractivity contribution in [2.24, 2.45) is 5.41 Å². The van der Waals surface area contributed by atoms with Crippen LogP contribution >= 0.6 is 0 Å². The molecule has 1 aromatic heterocycles. The molecule has 0 spiro atoms. The summed E-state index contributed by atoms with van der Waals surface area (Å²) in [5, 5.41) is 4.47. The summed E-state index contributed by atoms with van der Waals surface area (Å²) in [6.45, 7) is 7.78. The Morgan fingerprint density at radius 2 is 1.84 bits per heavy atom. The Hall–Kier alpha value is -1.57. The van der Waals surface area contributed by atoms with E-state index in [1.807, 2.05) is 16.9 Å². The number of rotatable bonds is 6. The molecule has 2 rings (SSSR count). The molecule has 2 aromatic rings. The summed E-state index contributed by atoms with van der Waals surface area (Å²) in [5.41, 5.74) is 3.01. The number of hydrogen-bond acceptors (Lipinski definition) is 1. The zero-order valence-electron chi connectivity index (χ0n) is 12.3. The molecule has 0 aliphatic heterocycles. The van der Waals surface area contributed by atoms with E-state index in [0.717, 1.165) is 13.0 Å². The van der Waals surface area contributed by atoms with E-state index in [2.05, 4.69) is 56.3 Å². The lowest BCUT2D eigenvalue weighted by Crippen LogP contribution is -2.14. The maximum Gasteiger partial charge on any atom is 0.0659 e. The largest absolute Gasteiger partial charge is 0.268 e. The van der Waals surface area contributed by atoms with Crippen LogP contribution in [0.2, 0.25) is 0 Å². The highest BCUT2D eigenvalue weighted by atomic mass is 15.3. The first-order chi connectivity index (χ1) is 9.09. The summed E-state index contributed by atoms with van der Waals surface area (Å²) in [6, 6.07) is 10.5. The molecule has 0 aliphatic carbocycles. The first-order valence-corrected chi connectivity index (χ1v) is 7.14. The van der Waals surface area contributed by atoms with Crippen molar-refractivity contribution in [3.05, 3.63) is 53.9 Å². The molecule has 0 bridgehead atoms. The molecule has 1 heterocycles. The zero-order valence-corrected chi connectivity index (χ0v) is 12.3. The summed E-state index contributed by atoms with van der Waals surface area (Å²) in [6.07, 6.45) is 7.81. The zero-order chi connectivity index (χ0) is 13.7. The van der Waals surface area contributed by atoms with Crippen LogP contribution in [0.4, 0.5) is 0 Å². The molecule has 102 valence electrons. The standard InChI is InChI=1S/C17H24N2/c1-4-10-17(2,3)11-16-12-18-19(14-16)13-15-8-6-5-7-9-15/h5-9,12,14H,4,10-11,13H2,1-3H3. The van der Waals surface area contributed by atoms with Crippen molar-refractivity contribution < 1.29 is 0 Å². The fourth-order valence-electron chi connectivity index (χ4n) is 2.67. The van der Waals surface area contributed by atoms with Gasteiger partial charge < -0.3 is 0 Å². The van der Waals surface area contributed by atoms with E-state index in [1.165, 1.54) is 24.0 Å². The lowest BCUT2D eigenvalue weighted by atomic mass is 9.83. The molecule has 2 nitrogen and oxygen atoms in total. The van der Waals surface area contributed by atoms with Gasteiger partial charge in [0.25, 0.3) is 0 Å². The second-order valence-corrected chi connectivity index (χ2v) is 6.12. The number of aromatic nitrogens is 2. The van der Waals surface area contributed by atoms with Crippen LogP contribution in [-0.4, -0.2) is 9.78 Å². The average Bonchev–Trinajstić information content (AvgIpc) is 2.76. The summed E-state index contributed by atoms with van der Waals surface area (Å²) >= 11 is 0. The second kappa shape index (κ2) is 6.05. The monoisotopic (exact) mass is 256 g/mol. The molecule has 0 saturated carbocycles. The molecule has 0 unspecified atom stereocenters. The molecule has 0 amide bonds. The predicted octanol–water partition coefficient (Wildman–Crippen LogP) is 4.30. The Morgan fingerprint density at radius 3 is 2.53 bits per heavy atom. The Morgan fingerprint density at radius 1 is 1.11 bits per heavy atom. The van der Waals surface area contributed by atoms with Crippen LogP contribution in [0.5, 0.6) is 0 Å². The number of hydrogen-bond donors (Lipinski definition) is 0. The Balaban J connectivity index is 1.99. The van der Waals surface area contributed by atoms with Crippen molar-refractivity contribution in [2.45, 2.75) is 46.6 Å². The van der Waals surface area contributed by atoms with Crippen LogP contribution in [-0.2, 0) is 13.0 Å². The molecule has 0 fully saturated rings. The maximum atomic E-state index is 4.47. The third-order valence-electron chi connectivity index (χ3n) is 3.48. The van der Waals surface area contributed by atoms with Gasteiger partial charge in [0.15, 0.2) is 0 Å². The normalized spacial score (nSPS) is 11.7. The summed E-state index contributed by atoms with van der Waals surface area (Å²) in [4.78, 5) is 0. The number of benzene rings is 1. The third kappa shape index (κ3) is 4.23. The minimum absolute atomic E-state index is 0.370. The minimum Gasteiger partial charge on any atom is -0.268 e. The summed E-state index contributed by atoms with van der Waals surface area (Å²) < 4.78 is 2.03. The van der Waals surface area contributed by atoms with Crippen LogP contribution in [0.3, 0.4) is 0 Å². The molecular formula is C17H24N2. The Labute approximate surface area is 116 Å². The van der Waals surface area contributed by atoms with Crippen LogP contribution in [0.15, 0.2) is 42.7 Å². The Kier molecular flexibility index (Phi) is 4.41. The predicted molar refractivity (Wildman–Crippen MR) is 80.2 cm³/mol. The minimum atomic E-state index is 0.370.